The number of ether oxygens (including phenoxy) is 2. The highest BCUT2D eigenvalue weighted by Crippen LogP contribution is 2.64. The number of carbonyl (C=O) groups excluding carboxylic acids is 1. The van der Waals surface area contributed by atoms with Gasteiger partial charge in [0, 0.05) is 62.6 Å². The van der Waals surface area contributed by atoms with E-state index in [1.807, 2.05) is 15.9 Å². The number of fused-ring (bicyclic) bond motifs is 1. The number of hydrogen-bond donors (Lipinski definition) is 4. The predicted octanol–water partition coefficient (Wildman–Crippen LogP) is 6.24. The quantitative estimate of drug-likeness (QED) is 0.111. The molecule has 18 heteroatoms. The molecule has 2 aromatic carbocycles. The molecule has 1 spiro atoms. The van der Waals surface area contributed by atoms with Crippen LogP contribution in [0.15, 0.2) is 12.1 Å². The summed E-state index contributed by atoms with van der Waals surface area (Å²) in [6.07, 6.45) is 4.02. The Labute approximate surface area is 352 Å². The fourth-order valence-electron chi connectivity index (χ4n) is 9.95. The first-order valence-electron chi connectivity index (χ1n) is 20.8. The van der Waals surface area contributed by atoms with Crippen molar-refractivity contribution in [3.05, 3.63) is 34.4 Å². The molecule has 318 valence electrons. The van der Waals surface area contributed by atoms with Crippen molar-refractivity contribution in [2.75, 3.05) is 63.1 Å². The first kappa shape index (κ1) is 39.9. The second-order valence-corrected chi connectivity index (χ2v) is 19.0. The van der Waals surface area contributed by atoms with Gasteiger partial charge in [-0.1, -0.05) is 17.7 Å². The number of alkyl halides is 2. The van der Waals surface area contributed by atoms with Crippen LogP contribution >= 0.6 is 22.9 Å². The Hall–Kier alpha value is -4.21. The van der Waals surface area contributed by atoms with E-state index in [9.17, 15) is 23.9 Å². The molecule has 12 nitrogen and oxygen atoms in total. The minimum Gasteiger partial charge on any atom is -0.486 e. The average molecular weight is 869 g/mol. The van der Waals surface area contributed by atoms with E-state index >= 15 is 8.78 Å². The average Bonchev–Trinajstić information content (AvgIpc) is 4.17. The number of amides is 1. The van der Waals surface area contributed by atoms with Gasteiger partial charge in [0.25, 0.3) is 5.92 Å². The first-order chi connectivity index (χ1) is 28.9. The molecule has 4 aromatic rings. The highest BCUT2D eigenvalue weighted by Gasteiger charge is 2.70. The zero-order valence-corrected chi connectivity index (χ0v) is 34.3. The molecule has 3 unspecified atom stereocenters. The lowest BCUT2D eigenvalue weighted by molar-refractivity contribution is -0.129. The number of rotatable bonds is 9. The first-order valence-corrected chi connectivity index (χ1v) is 22.0. The van der Waals surface area contributed by atoms with Crippen molar-refractivity contribution < 1.29 is 36.9 Å². The van der Waals surface area contributed by atoms with Gasteiger partial charge in [0.05, 0.1) is 39.3 Å². The third kappa shape index (κ3) is 6.86. The molecule has 5 N–H and O–H groups in total. The summed E-state index contributed by atoms with van der Waals surface area (Å²) < 4.78 is 75.0. The van der Waals surface area contributed by atoms with Gasteiger partial charge in [0.2, 0.25) is 5.91 Å². The van der Waals surface area contributed by atoms with Gasteiger partial charge in [-0.25, -0.2) is 17.6 Å². The van der Waals surface area contributed by atoms with E-state index in [1.165, 1.54) is 6.07 Å². The third-order valence-corrected chi connectivity index (χ3v) is 14.9. The second kappa shape index (κ2) is 15.0. The molecule has 2 aliphatic carbocycles. The van der Waals surface area contributed by atoms with Crippen molar-refractivity contribution in [1.82, 2.24) is 25.5 Å². The monoisotopic (exact) mass is 868 g/mol. The Morgan fingerprint density at radius 3 is 2.72 bits per heavy atom. The van der Waals surface area contributed by atoms with E-state index in [2.05, 4.69) is 15.6 Å². The largest absolute Gasteiger partial charge is 0.486 e. The maximum atomic E-state index is 17.6. The van der Waals surface area contributed by atoms with Crippen LogP contribution in [-0.2, 0) is 4.79 Å². The fraction of sp³-hybridized carbons (Fsp3) is 0.571. The lowest BCUT2D eigenvalue weighted by atomic mass is 9.87. The summed E-state index contributed by atoms with van der Waals surface area (Å²) >= 11 is 8.05. The molecule has 5 fully saturated rings. The maximum absolute atomic E-state index is 17.6. The number of nitriles is 1. The van der Waals surface area contributed by atoms with Gasteiger partial charge < -0.3 is 35.4 Å². The zero-order valence-electron chi connectivity index (χ0n) is 32.7. The number of nitrogen functional groups attached to an aromatic ring is 1. The Morgan fingerprint density at radius 1 is 1.15 bits per heavy atom. The van der Waals surface area contributed by atoms with Crippen molar-refractivity contribution in [3.63, 3.8) is 0 Å². The number of hydrogen-bond acceptors (Lipinski definition) is 12. The number of aliphatic hydroxyl groups excluding tert-OH is 1. The number of nitrogens with zero attached hydrogens (tertiary/aromatic N) is 5. The summed E-state index contributed by atoms with van der Waals surface area (Å²) in [5, 5.41) is 27.2. The number of aliphatic hydroxyl groups is 1. The van der Waals surface area contributed by atoms with Crippen LogP contribution in [0.1, 0.15) is 56.9 Å². The zero-order chi connectivity index (χ0) is 41.7. The van der Waals surface area contributed by atoms with Crippen molar-refractivity contribution in [2.24, 2.45) is 23.2 Å². The molecule has 60 heavy (non-hydrogen) atoms. The lowest BCUT2D eigenvalue weighted by Gasteiger charge is -2.33. The number of likely N-dealkylation sites (tertiary alicyclic amines) is 1. The molecule has 10 rings (SSSR count). The SMILES string of the molecule is N#Cc1c(N)sc2c(F)ccc(-c3c(Cl)c4c5c(nc(OC[C@@H]6CCCNCC7(C6)CC7(F)F)nc5c3F)N(CC3CCN(C(=O)[C@@H]5N[C@H]5C5CC5)C3)CCC(CO)O4)c12. The van der Waals surface area contributed by atoms with E-state index in [4.69, 9.17) is 31.8 Å². The molecule has 2 saturated carbocycles. The molecule has 0 bridgehead atoms. The Morgan fingerprint density at radius 2 is 1.97 bits per heavy atom. The Balaban J connectivity index is 1.07. The Bertz CT molecular complexity index is 2450. The Kier molecular flexibility index (Phi) is 9.98. The van der Waals surface area contributed by atoms with Gasteiger partial charge in [0.1, 0.15) is 40.4 Å². The van der Waals surface area contributed by atoms with Gasteiger partial charge in [-0.05, 0) is 74.5 Å². The minimum absolute atomic E-state index is 0.00729. The van der Waals surface area contributed by atoms with Crippen LogP contribution in [0.5, 0.6) is 11.8 Å². The van der Waals surface area contributed by atoms with Gasteiger partial charge in [-0.3, -0.25) is 10.1 Å². The molecule has 4 aliphatic heterocycles. The minimum atomic E-state index is -2.77. The standard InChI is InChI=1S/C42H45ClF4N8O4S/c43-30-28(24-5-6-26(44)36-27(24)25(13-48)37(49)60-36)31(45)33-29-35(30)59-23(16-56)8-11-54(14-21-7-10-55(15-21)39(57)34-32(51-34)22-3-4-22)38(29)53-40(52-33)58-17-20-2-1-9-50-19-41(12-20)18-42(41,46)47/h5-6,20-23,32,34,50-51,56H,1-4,7-12,14-19,49H2/t20-,21?,23?,32+,34-,41?/m1/s1. The van der Waals surface area contributed by atoms with Gasteiger partial charge >= 0.3 is 6.01 Å². The maximum Gasteiger partial charge on any atom is 0.319 e. The number of benzene rings is 2. The van der Waals surface area contributed by atoms with Crippen molar-refractivity contribution in [2.45, 2.75) is 75.5 Å². The number of halogens is 5. The van der Waals surface area contributed by atoms with Crippen LogP contribution in [0.2, 0.25) is 5.02 Å². The van der Waals surface area contributed by atoms with E-state index in [0.29, 0.717) is 51.5 Å². The number of thiophene rings is 1. The molecular formula is C42H45ClF4N8O4S. The molecular weight excluding hydrogens is 824 g/mol. The van der Waals surface area contributed by atoms with Gasteiger partial charge in [0.15, 0.2) is 11.6 Å². The number of aromatic nitrogens is 2. The molecule has 3 saturated heterocycles. The highest BCUT2D eigenvalue weighted by atomic mass is 35.5. The van der Waals surface area contributed by atoms with E-state index in [0.717, 1.165) is 43.1 Å². The second-order valence-electron chi connectivity index (χ2n) is 17.6. The lowest BCUT2D eigenvalue weighted by Crippen LogP contribution is -2.39. The molecule has 6 heterocycles. The summed E-state index contributed by atoms with van der Waals surface area (Å²) in [5.41, 5.74) is 4.63. The molecule has 1 amide bonds. The highest BCUT2D eigenvalue weighted by molar-refractivity contribution is 7.23. The molecule has 2 aromatic heterocycles. The normalized spacial score (nSPS) is 28.5. The number of nitrogens with one attached hydrogen (secondary N) is 2. The van der Waals surface area contributed by atoms with Crippen molar-refractivity contribution >= 4 is 60.7 Å². The fourth-order valence-corrected chi connectivity index (χ4v) is 11.2. The van der Waals surface area contributed by atoms with Crippen LogP contribution in [-0.4, -0.2) is 102 Å². The van der Waals surface area contributed by atoms with E-state index < -0.39 is 35.7 Å². The predicted molar refractivity (Wildman–Crippen MR) is 219 cm³/mol. The summed E-state index contributed by atoms with van der Waals surface area (Å²) in [6.45, 7) is 2.34. The third-order valence-electron chi connectivity index (χ3n) is 13.5. The van der Waals surface area contributed by atoms with Gasteiger partial charge in [-0.15, -0.1) is 11.3 Å². The van der Waals surface area contributed by atoms with E-state index in [-0.39, 0.29) is 121 Å². The van der Waals surface area contributed by atoms with Crippen LogP contribution in [0, 0.1) is 46.1 Å². The van der Waals surface area contributed by atoms with Crippen LogP contribution < -0.4 is 30.7 Å². The van der Waals surface area contributed by atoms with Crippen LogP contribution in [0.4, 0.5) is 28.4 Å². The topological polar surface area (TPSA) is 172 Å². The van der Waals surface area contributed by atoms with Crippen molar-refractivity contribution in [3.8, 4) is 29.0 Å². The number of nitrogens with two attached hydrogens (primary N) is 1. The number of carbonyl (C=O) groups is 1. The van der Waals surface area contributed by atoms with Gasteiger partial charge in [-0.2, -0.15) is 15.2 Å². The molecule has 6 atom stereocenters. The van der Waals surface area contributed by atoms with Crippen molar-refractivity contribution in [1.29, 1.82) is 5.26 Å². The van der Waals surface area contributed by atoms with Crippen LogP contribution in [0.25, 0.3) is 32.1 Å². The summed E-state index contributed by atoms with van der Waals surface area (Å²) in [4.78, 5) is 26.8. The summed E-state index contributed by atoms with van der Waals surface area (Å²) in [5.74, 6) is -3.59. The summed E-state index contributed by atoms with van der Waals surface area (Å²) in [6, 6.07) is 4.45. The van der Waals surface area contributed by atoms with Crippen LogP contribution in [0.3, 0.4) is 0 Å². The van der Waals surface area contributed by atoms with E-state index in [1.54, 1.807) is 0 Å². The molecule has 6 aliphatic rings. The molecule has 0 radical (unpaired) electrons. The summed E-state index contributed by atoms with van der Waals surface area (Å²) in [7, 11) is 0. The number of anilines is 2. The smallest absolute Gasteiger partial charge is 0.319 e.